The third kappa shape index (κ3) is 2.45. The second-order valence-corrected chi connectivity index (χ2v) is 6.78. The molecule has 0 fully saturated rings. The minimum Gasteiger partial charge on any atom is -0.296 e. The lowest BCUT2D eigenvalue weighted by Crippen LogP contribution is -2.12. The smallest absolute Gasteiger partial charge is 0.277 e. The fraction of sp³-hybridized carbons (Fsp3) is 0.235. The van der Waals surface area contributed by atoms with Gasteiger partial charge in [0.05, 0.1) is 5.69 Å². The van der Waals surface area contributed by atoms with E-state index in [1.54, 1.807) is 22.1 Å². The highest BCUT2D eigenvalue weighted by Gasteiger charge is 2.21. The Kier molecular flexibility index (Phi) is 3.27. The molecule has 0 bridgehead atoms. The molecule has 5 nitrogen and oxygen atoms in total. The first kappa shape index (κ1) is 14.1. The fourth-order valence-corrected chi connectivity index (χ4v) is 3.81. The highest BCUT2D eigenvalue weighted by atomic mass is 32.1. The summed E-state index contributed by atoms with van der Waals surface area (Å²) in [5.74, 6) is -0.215. The van der Waals surface area contributed by atoms with Crippen LogP contribution in [0, 0.1) is 6.92 Å². The van der Waals surface area contributed by atoms with Crippen LogP contribution in [0.4, 0.5) is 5.13 Å². The molecular weight excluding hydrogens is 308 g/mol. The van der Waals surface area contributed by atoms with Crippen LogP contribution in [0.5, 0.6) is 0 Å². The van der Waals surface area contributed by atoms with Crippen molar-refractivity contribution >= 4 is 22.4 Å². The van der Waals surface area contributed by atoms with Crippen LogP contribution in [0.25, 0.3) is 11.3 Å². The fourth-order valence-electron chi connectivity index (χ4n) is 2.84. The van der Waals surface area contributed by atoms with Crippen molar-refractivity contribution in [3.8, 4) is 11.3 Å². The number of carbonyl (C=O) groups excluding carboxylic acids is 1. The van der Waals surface area contributed by atoms with Crippen molar-refractivity contribution in [3.05, 3.63) is 52.2 Å². The summed E-state index contributed by atoms with van der Waals surface area (Å²) in [6, 6.07) is 10.1. The van der Waals surface area contributed by atoms with Crippen molar-refractivity contribution in [2.75, 3.05) is 5.32 Å². The van der Waals surface area contributed by atoms with E-state index in [0.29, 0.717) is 10.8 Å². The lowest BCUT2D eigenvalue weighted by Gasteiger charge is -2.13. The summed E-state index contributed by atoms with van der Waals surface area (Å²) in [4.78, 5) is 18.2. The van der Waals surface area contributed by atoms with Gasteiger partial charge in [0.1, 0.15) is 0 Å². The third-order valence-corrected chi connectivity index (χ3v) is 5.19. The van der Waals surface area contributed by atoms with Crippen molar-refractivity contribution in [3.63, 3.8) is 0 Å². The lowest BCUT2D eigenvalue weighted by atomic mass is 9.94. The molecule has 1 aliphatic carbocycles. The van der Waals surface area contributed by atoms with Gasteiger partial charge in [-0.2, -0.15) is 5.10 Å². The maximum atomic E-state index is 12.3. The maximum absolute atomic E-state index is 12.3. The number of aromatic nitrogens is 3. The second kappa shape index (κ2) is 5.31. The van der Waals surface area contributed by atoms with Crippen LogP contribution in [0.3, 0.4) is 0 Å². The molecule has 2 aromatic heterocycles. The summed E-state index contributed by atoms with van der Waals surface area (Å²) in [5.41, 5.74) is 4.87. The van der Waals surface area contributed by atoms with Gasteiger partial charge in [-0.15, -0.1) is 11.3 Å². The Balaban J connectivity index is 1.63. The predicted molar refractivity (Wildman–Crippen MR) is 90.9 cm³/mol. The first-order valence-electron chi connectivity index (χ1n) is 7.52. The average molecular weight is 324 g/mol. The standard InChI is InChI=1S/C17H16N4OS/c1-10-9-13(20-21(10)2)16(22)19-17-18-15-12-6-4-3-5-11(12)7-8-14(15)23-17/h3-6,9H,7-8H2,1-2H3,(H,18,19,22). The molecule has 1 N–H and O–H groups in total. The van der Waals surface area contributed by atoms with Crippen molar-refractivity contribution < 1.29 is 4.79 Å². The Morgan fingerprint density at radius 3 is 2.91 bits per heavy atom. The molecule has 6 heteroatoms. The van der Waals surface area contributed by atoms with E-state index >= 15 is 0 Å². The number of thiazole rings is 1. The summed E-state index contributed by atoms with van der Waals surface area (Å²) in [7, 11) is 1.82. The van der Waals surface area contributed by atoms with Gasteiger partial charge in [-0.3, -0.25) is 14.8 Å². The van der Waals surface area contributed by atoms with Gasteiger partial charge in [0.2, 0.25) is 0 Å². The number of benzene rings is 1. The van der Waals surface area contributed by atoms with Crippen LogP contribution < -0.4 is 5.32 Å². The van der Waals surface area contributed by atoms with Crippen molar-refractivity contribution in [1.29, 1.82) is 0 Å². The van der Waals surface area contributed by atoms with Gasteiger partial charge < -0.3 is 0 Å². The first-order chi connectivity index (χ1) is 11.1. The number of rotatable bonds is 2. The minimum absolute atomic E-state index is 0.215. The van der Waals surface area contributed by atoms with Crippen LogP contribution in [-0.2, 0) is 19.9 Å². The topological polar surface area (TPSA) is 59.8 Å². The summed E-state index contributed by atoms with van der Waals surface area (Å²) in [5, 5.41) is 7.72. The summed E-state index contributed by atoms with van der Waals surface area (Å²) < 4.78 is 1.69. The van der Waals surface area contributed by atoms with Crippen LogP contribution in [0.1, 0.15) is 26.6 Å². The number of carbonyl (C=O) groups is 1. The van der Waals surface area contributed by atoms with E-state index in [1.165, 1.54) is 16.0 Å². The Labute approximate surface area is 138 Å². The first-order valence-corrected chi connectivity index (χ1v) is 8.33. The largest absolute Gasteiger partial charge is 0.296 e. The second-order valence-electron chi connectivity index (χ2n) is 5.70. The molecule has 3 aromatic rings. The van der Waals surface area contributed by atoms with Gasteiger partial charge >= 0.3 is 0 Å². The molecule has 0 unspecified atom stereocenters. The number of aryl methyl sites for hydroxylation is 4. The highest BCUT2D eigenvalue weighted by molar-refractivity contribution is 7.16. The van der Waals surface area contributed by atoms with Gasteiger partial charge in [-0.25, -0.2) is 4.98 Å². The Hall–Kier alpha value is -2.47. The Bertz CT molecular complexity index is 890. The number of fused-ring (bicyclic) bond motifs is 3. The quantitative estimate of drug-likeness (QED) is 0.787. The van der Waals surface area contributed by atoms with E-state index in [2.05, 4.69) is 33.6 Å². The molecule has 0 saturated carbocycles. The number of hydrogen-bond acceptors (Lipinski definition) is 4. The highest BCUT2D eigenvalue weighted by Crippen LogP contribution is 2.37. The number of amides is 1. The van der Waals surface area contributed by atoms with Crippen LogP contribution in [0.2, 0.25) is 0 Å². The van der Waals surface area contributed by atoms with E-state index < -0.39 is 0 Å². The zero-order valence-electron chi connectivity index (χ0n) is 13.0. The third-order valence-electron chi connectivity index (χ3n) is 4.16. The summed E-state index contributed by atoms with van der Waals surface area (Å²) >= 11 is 1.56. The predicted octanol–water partition coefficient (Wildman–Crippen LogP) is 3.20. The molecule has 0 radical (unpaired) electrons. The van der Waals surface area contributed by atoms with E-state index in [4.69, 9.17) is 0 Å². The van der Waals surface area contributed by atoms with E-state index in [0.717, 1.165) is 24.2 Å². The molecule has 1 amide bonds. The SMILES string of the molecule is Cc1cc(C(=O)Nc2nc3c(s2)CCc2ccccc2-3)nn1C. The van der Waals surface area contributed by atoms with Crippen molar-refractivity contribution in [2.24, 2.45) is 7.05 Å². The number of anilines is 1. The molecule has 4 rings (SSSR count). The molecule has 1 aromatic carbocycles. The average Bonchev–Trinajstić information content (AvgIpc) is 3.11. The zero-order valence-corrected chi connectivity index (χ0v) is 13.8. The van der Waals surface area contributed by atoms with E-state index in [-0.39, 0.29) is 5.91 Å². The number of nitrogens with zero attached hydrogens (tertiary/aromatic N) is 3. The zero-order chi connectivity index (χ0) is 16.0. The van der Waals surface area contributed by atoms with Crippen LogP contribution in [0.15, 0.2) is 30.3 Å². The lowest BCUT2D eigenvalue weighted by molar-refractivity contribution is 0.102. The molecule has 2 heterocycles. The molecule has 116 valence electrons. The maximum Gasteiger partial charge on any atom is 0.277 e. The Morgan fingerprint density at radius 2 is 2.13 bits per heavy atom. The minimum atomic E-state index is -0.215. The van der Waals surface area contributed by atoms with Crippen molar-refractivity contribution in [2.45, 2.75) is 19.8 Å². The van der Waals surface area contributed by atoms with Crippen LogP contribution >= 0.6 is 11.3 Å². The van der Waals surface area contributed by atoms with Gasteiger partial charge in [-0.05, 0) is 31.4 Å². The number of nitrogens with one attached hydrogen (secondary N) is 1. The molecule has 0 saturated heterocycles. The Morgan fingerprint density at radius 1 is 1.30 bits per heavy atom. The summed E-state index contributed by atoms with van der Waals surface area (Å²) in [6.07, 6.45) is 2.00. The molecule has 0 spiro atoms. The molecule has 23 heavy (non-hydrogen) atoms. The summed E-state index contributed by atoms with van der Waals surface area (Å²) in [6.45, 7) is 1.92. The van der Waals surface area contributed by atoms with Gasteiger partial charge in [0.15, 0.2) is 10.8 Å². The molecule has 1 aliphatic rings. The normalized spacial score (nSPS) is 12.6. The van der Waals surface area contributed by atoms with Gasteiger partial charge in [0, 0.05) is 23.2 Å². The van der Waals surface area contributed by atoms with Gasteiger partial charge in [0.25, 0.3) is 5.91 Å². The number of hydrogen-bond donors (Lipinski definition) is 1. The van der Waals surface area contributed by atoms with E-state index in [9.17, 15) is 4.79 Å². The van der Waals surface area contributed by atoms with Gasteiger partial charge in [-0.1, -0.05) is 24.3 Å². The molecular formula is C17H16N4OS. The van der Waals surface area contributed by atoms with E-state index in [1.807, 2.05) is 20.0 Å². The molecule has 0 atom stereocenters. The monoisotopic (exact) mass is 324 g/mol. The van der Waals surface area contributed by atoms with Crippen molar-refractivity contribution in [1.82, 2.24) is 14.8 Å². The van der Waals surface area contributed by atoms with Crippen LogP contribution in [-0.4, -0.2) is 20.7 Å². The molecule has 0 aliphatic heterocycles.